The summed E-state index contributed by atoms with van der Waals surface area (Å²) in [7, 11) is 0. The largest absolute Gasteiger partial charge is 0.381 e. The highest BCUT2D eigenvalue weighted by molar-refractivity contribution is 6.40. The zero-order chi connectivity index (χ0) is 20.3. The average molecular weight is 401 g/mol. The molecule has 1 N–H and O–H groups in total. The van der Waals surface area contributed by atoms with Gasteiger partial charge in [0.15, 0.2) is 0 Å². The van der Waals surface area contributed by atoms with Gasteiger partial charge in [-0.1, -0.05) is 37.6 Å². The van der Waals surface area contributed by atoms with E-state index in [1.165, 1.54) is 6.07 Å². The predicted octanol–water partition coefficient (Wildman–Crippen LogP) is 4.14. The van der Waals surface area contributed by atoms with Crippen LogP contribution in [0.2, 0.25) is 5.02 Å². The molecule has 0 saturated heterocycles. The molecule has 1 aliphatic rings. The Morgan fingerprint density at radius 2 is 1.75 bits per heavy atom. The van der Waals surface area contributed by atoms with Crippen molar-refractivity contribution in [2.45, 2.75) is 20.3 Å². The Labute approximate surface area is 168 Å². The van der Waals surface area contributed by atoms with E-state index in [0.717, 1.165) is 4.90 Å². The molecule has 0 fully saturated rings. The van der Waals surface area contributed by atoms with Gasteiger partial charge in [-0.05, 0) is 36.2 Å². The van der Waals surface area contributed by atoms with E-state index in [1.807, 2.05) is 13.8 Å². The molecular weight excluding hydrogens is 380 g/mol. The SMILES string of the molecule is CC(C)COCCC(=O)Nc1ccc(N2C(=O)c3ccccc3C2=O)c(Cl)c1. The van der Waals surface area contributed by atoms with Crippen molar-refractivity contribution in [3.05, 3.63) is 58.6 Å². The molecule has 3 rings (SSSR count). The number of carbonyl (C=O) groups is 3. The number of amides is 3. The Morgan fingerprint density at radius 3 is 2.32 bits per heavy atom. The van der Waals surface area contributed by atoms with Gasteiger partial charge in [0.25, 0.3) is 11.8 Å². The molecule has 2 aromatic carbocycles. The summed E-state index contributed by atoms with van der Waals surface area (Å²) in [6.07, 6.45) is 0.227. The summed E-state index contributed by atoms with van der Waals surface area (Å²) in [6.45, 7) is 5.02. The van der Waals surface area contributed by atoms with Gasteiger partial charge in [0.2, 0.25) is 5.91 Å². The lowest BCUT2D eigenvalue weighted by atomic mass is 10.1. The van der Waals surface area contributed by atoms with E-state index in [9.17, 15) is 14.4 Å². The molecule has 1 heterocycles. The number of hydrogen-bond donors (Lipinski definition) is 1. The minimum Gasteiger partial charge on any atom is -0.381 e. The van der Waals surface area contributed by atoms with Crippen LogP contribution in [0.3, 0.4) is 0 Å². The number of rotatable bonds is 7. The number of nitrogens with one attached hydrogen (secondary N) is 1. The zero-order valence-corrected chi connectivity index (χ0v) is 16.5. The highest BCUT2D eigenvalue weighted by Gasteiger charge is 2.37. The lowest BCUT2D eigenvalue weighted by molar-refractivity contribution is -0.117. The van der Waals surface area contributed by atoms with Gasteiger partial charge in [0, 0.05) is 12.3 Å². The van der Waals surface area contributed by atoms with Crippen molar-refractivity contribution in [2.24, 2.45) is 5.92 Å². The second-order valence-corrected chi connectivity index (χ2v) is 7.33. The molecule has 0 unspecified atom stereocenters. The second-order valence-electron chi connectivity index (χ2n) is 6.92. The molecule has 0 atom stereocenters. The van der Waals surface area contributed by atoms with Crippen molar-refractivity contribution in [2.75, 3.05) is 23.4 Å². The van der Waals surface area contributed by atoms with Crippen molar-refractivity contribution >= 4 is 40.7 Å². The monoisotopic (exact) mass is 400 g/mol. The van der Waals surface area contributed by atoms with Crippen LogP contribution in [0.1, 0.15) is 41.0 Å². The van der Waals surface area contributed by atoms with E-state index >= 15 is 0 Å². The number of halogens is 1. The number of hydrogen-bond acceptors (Lipinski definition) is 4. The number of carbonyl (C=O) groups excluding carboxylic acids is 3. The molecule has 0 aliphatic carbocycles. The van der Waals surface area contributed by atoms with Gasteiger partial charge in [0.1, 0.15) is 0 Å². The molecule has 28 heavy (non-hydrogen) atoms. The number of imide groups is 1. The summed E-state index contributed by atoms with van der Waals surface area (Å²) in [5.41, 5.74) is 1.47. The van der Waals surface area contributed by atoms with Gasteiger partial charge in [-0.2, -0.15) is 0 Å². The summed E-state index contributed by atoms with van der Waals surface area (Å²) in [6, 6.07) is 11.3. The summed E-state index contributed by atoms with van der Waals surface area (Å²) in [5, 5.41) is 2.93. The van der Waals surface area contributed by atoms with Crippen LogP contribution >= 0.6 is 11.6 Å². The quantitative estimate of drug-likeness (QED) is 0.559. The van der Waals surface area contributed by atoms with Crippen LogP contribution in [-0.2, 0) is 9.53 Å². The average Bonchev–Trinajstić information content (AvgIpc) is 2.90. The zero-order valence-electron chi connectivity index (χ0n) is 15.7. The standard InChI is InChI=1S/C21H21ClN2O4/c1-13(2)12-28-10-9-19(25)23-14-7-8-18(17(22)11-14)24-20(26)15-5-3-4-6-16(15)21(24)27/h3-8,11,13H,9-10,12H2,1-2H3,(H,23,25). The van der Waals surface area contributed by atoms with Crippen molar-refractivity contribution in [1.82, 2.24) is 0 Å². The molecule has 3 amide bonds. The summed E-state index contributed by atoms with van der Waals surface area (Å²) in [5.74, 6) is -0.618. The molecule has 0 radical (unpaired) electrons. The minimum atomic E-state index is -0.415. The molecule has 146 valence electrons. The van der Waals surface area contributed by atoms with Crippen molar-refractivity contribution in [1.29, 1.82) is 0 Å². The van der Waals surface area contributed by atoms with Crippen LogP contribution in [0.4, 0.5) is 11.4 Å². The third-order valence-corrected chi connectivity index (χ3v) is 4.49. The van der Waals surface area contributed by atoms with Crippen LogP contribution in [0.15, 0.2) is 42.5 Å². The first kappa shape index (κ1) is 20.0. The van der Waals surface area contributed by atoms with Gasteiger partial charge >= 0.3 is 0 Å². The van der Waals surface area contributed by atoms with Crippen molar-refractivity contribution in [3.63, 3.8) is 0 Å². The van der Waals surface area contributed by atoms with Crippen LogP contribution in [0.25, 0.3) is 0 Å². The number of anilines is 2. The topological polar surface area (TPSA) is 75.7 Å². The number of ether oxygens (including phenoxy) is 1. The Bertz CT molecular complexity index is 891. The van der Waals surface area contributed by atoms with E-state index in [0.29, 0.717) is 35.9 Å². The number of benzene rings is 2. The lowest BCUT2D eigenvalue weighted by Crippen LogP contribution is -2.29. The van der Waals surface area contributed by atoms with Crippen molar-refractivity contribution < 1.29 is 19.1 Å². The fourth-order valence-electron chi connectivity index (χ4n) is 2.88. The minimum absolute atomic E-state index is 0.198. The summed E-state index contributed by atoms with van der Waals surface area (Å²) < 4.78 is 5.40. The Kier molecular flexibility index (Phi) is 6.11. The third kappa shape index (κ3) is 4.24. The third-order valence-electron chi connectivity index (χ3n) is 4.19. The van der Waals surface area contributed by atoms with Crippen LogP contribution in [-0.4, -0.2) is 30.9 Å². The maximum Gasteiger partial charge on any atom is 0.266 e. The maximum atomic E-state index is 12.6. The Morgan fingerprint density at radius 1 is 1.11 bits per heavy atom. The molecule has 7 heteroatoms. The summed E-state index contributed by atoms with van der Waals surface area (Å²) in [4.78, 5) is 38.2. The molecule has 0 saturated carbocycles. The molecule has 0 bridgehead atoms. The molecule has 6 nitrogen and oxygen atoms in total. The normalized spacial score (nSPS) is 13.2. The molecule has 2 aromatic rings. The van der Waals surface area contributed by atoms with Crippen LogP contribution < -0.4 is 10.2 Å². The van der Waals surface area contributed by atoms with E-state index in [-0.39, 0.29) is 23.0 Å². The van der Waals surface area contributed by atoms with E-state index < -0.39 is 11.8 Å². The molecule has 0 spiro atoms. The first-order chi connectivity index (χ1) is 13.4. The second kappa shape index (κ2) is 8.54. The van der Waals surface area contributed by atoms with E-state index in [2.05, 4.69) is 5.32 Å². The van der Waals surface area contributed by atoms with Crippen LogP contribution in [0.5, 0.6) is 0 Å². The van der Waals surface area contributed by atoms with Crippen molar-refractivity contribution in [3.8, 4) is 0 Å². The molecular formula is C21H21ClN2O4. The predicted molar refractivity (Wildman–Crippen MR) is 108 cm³/mol. The Balaban J connectivity index is 1.68. The van der Waals surface area contributed by atoms with Crippen LogP contribution in [0, 0.1) is 5.92 Å². The van der Waals surface area contributed by atoms with Gasteiger partial charge in [0.05, 0.1) is 34.9 Å². The smallest absolute Gasteiger partial charge is 0.266 e. The highest BCUT2D eigenvalue weighted by atomic mass is 35.5. The summed E-state index contributed by atoms with van der Waals surface area (Å²) >= 11 is 6.31. The number of fused-ring (bicyclic) bond motifs is 1. The van der Waals surface area contributed by atoms with Gasteiger partial charge < -0.3 is 10.1 Å². The fraction of sp³-hybridized carbons (Fsp3) is 0.286. The highest BCUT2D eigenvalue weighted by Crippen LogP contribution is 2.34. The van der Waals surface area contributed by atoms with E-state index in [1.54, 1.807) is 36.4 Å². The molecule has 0 aromatic heterocycles. The maximum absolute atomic E-state index is 12.6. The number of nitrogens with zero attached hydrogens (tertiary/aromatic N) is 1. The van der Waals surface area contributed by atoms with Gasteiger partial charge in [-0.25, -0.2) is 4.90 Å². The lowest BCUT2D eigenvalue weighted by Gasteiger charge is -2.16. The first-order valence-electron chi connectivity index (χ1n) is 9.03. The fourth-order valence-corrected chi connectivity index (χ4v) is 3.15. The first-order valence-corrected chi connectivity index (χ1v) is 9.41. The van der Waals surface area contributed by atoms with Gasteiger partial charge in [-0.15, -0.1) is 0 Å². The Hall–Kier alpha value is -2.70. The van der Waals surface area contributed by atoms with E-state index in [4.69, 9.17) is 16.3 Å². The molecule has 1 aliphatic heterocycles. The van der Waals surface area contributed by atoms with Gasteiger partial charge in [-0.3, -0.25) is 14.4 Å².